The van der Waals surface area contributed by atoms with Crippen LogP contribution in [0, 0.1) is 13.8 Å². The molecule has 118 valence electrons. The van der Waals surface area contributed by atoms with Crippen LogP contribution in [0.25, 0.3) is 0 Å². The first-order valence-corrected chi connectivity index (χ1v) is 10.3. The quantitative estimate of drug-likeness (QED) is 0.532. The van der Waals surface area contributed by atoms with Crippen molar-refractivity contribution in [3.05, 3.63) is 59.7 Å². The Morgan fingerprint density at radius 1 is 0.864 bits per heavy atom. The Balaban J connectivity index is 2.23. The number of aryl methyl sites for hydroxylation is 2. The lowest BCUT2D eigenvalue weighted by Gasteiger charge is -2.19. The normalized spacial score (nSPS) is 11.3. The molecule has 0 saturated carbocycles. The number of hydrogen-bond donors (Lipinski definition) is 0. The molecule has 2 aromatic rings. The molecule has 2 nitrogen and oxygen atoms in total. The van der Waals surface area contributed by atoms with Crippen LogP contribution in [0.15, 0.2) is 48.5 Å². The standard InChI is InChI=1S/C18H23ClO2P/c1-4-5-14-22(19,20-17-12-8-6-10-15(17)2)21-18-13-9-7-11-16(18)3/h6-13H,4-5,14H2,1-3H3/q+1. The van der Waals surface area contributed by atoms with E-state index in [4.69, 9.17) is 20.3 Å². The minimum atomic E-state index is -2.51. The van der Waals surface area contributed by atoms with Gasteiger partial charge < -0.3 is 0 Å². The summed E-state index contributed by atoms with van der Waals surface area (Å²) in [6.45, 7) is 6.18. The summed E-state index contributed by atoms with van der Waals surface area (Å²) in [4.78, 5) is 0. The smallest absolute Gasteiger partial charge is 0.291 e. The Hall–Kier alpha value is -1.24. The van der Waals surface area contributed by atoms with E-state index in [2.05, 4.69) is 6.92 Å². The second-order valence-electron chi connectivity index (χ2n) is 5.38. The highest BCUT2D eigenvalue weighted by Gasteiger charge is 2.44. The Bertz CT molecular complexity index is 568. The summed E-state index contributed by atoms with van der Waals surface area (Å²) in [7, 11) is -2.51. The van der Waals surface area contributed by atoms with Gasteiger partial charge in [0, 0.05) is 0 Å². The van der Waals surface area contributed by atoms with Crippen LogP contribution in [0.4, 0.5) is 0 Å². The molecule has 0 aliphatic rings. The second-order valence-corrected chi connectivity index (χ2v) is 8.92. The summed E-state index contributed by atoms with van der Waals surface area (Å²) in [6.07, 6.45) is 2.77. The number of benzene rings is 2. The van der Waals surface area contributed by atoms with E-state index in [0.29, 0.717) is 0 Å². The number of rotatable bonds is 7. The molecule has 0 aliphatic carbocycles. The van der Waals surface area contributed by atoms with Crippen LogP contribution in [0.3, 0.4) is 0 Å². The van der Waals surface area contributed by atoms with Gasteiger partial charge in [-0.25, -0.2) is 0 Å². The minimum absolute atomic E-state index is 0.730. The van der Waals surface area contributed by atoms with E-state index < -0.39 is 7.07 Å². The highest BCUT2D eigenvalue weighted by atomic mass is 35.7. The van der Waals surface area contributed by atoms with Crippen molar-refractivity contribution in [2.75, 3.05) is 6.16 Å². The first kappa shape index (κ1) is 17.1. The van der Waals surface area contributed by atoms with Gasteiger partial charge in [-0.05, 0) is 43.5 Å². The third-order valence-electron chi connectivity index (χ3n) is 3.44. The molecule has 22 heavy (non-hydrogen) atoms. The molecular weight excluding hydrogens is 315 g/mol. The van der Waals surface area contributed by atoms with Crippen molar-refractivity contribution in [1.82, 2.24) is 0 Å². The van der Waals surface area contributed by atoms with Gasteiger partial charge in [0.15, 0.2) is 22.7 Å². The Labute approximate surface area is 138 Å². The maximum atomic E-state index is 6.80. The molecule has 0 atom stereocenters. The van der Waals surface area contributed by atoms with Gasteiger partial charge >= 0.3 is 7.07 Å². The van der Waals surface area contributed by atoms with E-state index in [1.807, 2.05) is 62.4 Å². The van der Waals surface area contributed by atoms with Gasteiger partial charge in [-0.2, -0.15) is 0 Å². The fourth-order valence-electron chi connectivity index (χ4n) is 2.07. The average Bonchev–Trinajstić information content (AvgIpc) is 2.50. The van der Waals surface area contributed by atoms with E-state index in [-0.39, 0.29) is 0 Å². The molecule has 0 aromatic heterocycles. The summed E-state index contributed by atoms with van der Waals surface area (Å²) in [5.74, 6) is 1.60. The summed E-state index contributed by atoms with van der Waals surface area (Å²) in [5, 5.41) is 0. The molecule has 4 heteroatoms. The highest BCUT2D eigenvalue weighted by molar-refractivity contribution is 7.92. The molecule has 2 rings (SSSR count). The first-order valence-electron chi connectivity index (χ1n) is 7.62. The Morgan fingerprint density at radius 3 is 1.73 bits per heavy atom. The minimum Gasteiger partial charge on any atom is -0.291 e. The van der Waals surface area contributed by atoms with Crippen molar-refractivity contribution in [2.24, 2.45) is 0 Å². The van der Waals surface area contributed by atoms with E-state index in [0.717, 1.165) is 41.6 Å². The van der Waals surface area contributed by atoms with Gasteiger partial charge in [0.2, 0.25) is 0 Å². The van der Waals surface area contributed by atoms with Crippen molar-refractivity contribution in [2.45, 2.75) is 33.6 Å². The fraction of sp³-hybridized carbons (Fsp3) is 0.333. The Kier molecular flexibility index (Phi) is 6.11. The van der Waals surface area contributed by atoms with Crippen molar-refractivity contribution < 1.29 is 9.05 Å². The lowest BCUT2D eigenvalue weighted by Crippen LogP contribution is -2.09. The zero-order valence-electron chi connectivity index (χ0n) is 13.4. The molecule has 0 spiro atoms. The molecule has 2 aromatic carbocycles. The summed E-state index contributed by atoms with van der Waals surface area (Å²) in [5.41, 5.74) is 2.13. The van der Waals surface area contributed by atoms with Crippen LogP contribution in [-0.4, -0.2) is 6.16 Å². The van der Waals surface area contributed by atoms with Gasteiger partial charge in [-0.1, -0.05) is 49.7 Å². The SMILES string of the molecule is CCCC[P+](Cl)(Oc1ccccc1C)Oc1ccccc1C. The average molecular weight is 338 g/mol. The molecule has 0 amide bonds. The topological polar surface area (TPSA) is 18.5 Å². The lowest BCUT2D eigenvalue weighted by atomic mass is 10.2. The zero-order chi connectivity index (χ0) is 16.0. The lowest BCUT2D eigenvalue weighted by molar-refractivity contribution is 0.474. The van der Waals surface area contributed by atoms with Crippen LogP contribution in [0.5, 0.6) is 11.5 Å². The van der Waals surface area contributed by atoms with Crippen molar-refractivity contribution in [3.8, 4) is 11.5 Å². The van der Waals surface area contributed by atoms with Gasteiger partial charge in [0.1, 0.15) is 6.16 Å². The fourth-order valence-corrected chi connectivity index (χ4v) is 4.78. The molecule has 0 fully saturated rings. The van der Waals surface area contributed by atoms with E-state index in [1.54, 1.807) is 0 Å². The van der Waals surface area contributed by atoms with Gasteiger partial charge in [-0.15, -0.1) is 0 Å². The van der Waals surface area contributed by atoms with Crippen molar-refractivity contribution in [3.63, 3.8) is 0 Å². The summed E-state index contributed by atoms with van der Waals surface area (Å²) < 4.78 is 12.3. The van der Waals surface area contributed by atoms with Gasteiger partial charge in [0.25, 0.3) is 0 Å². The monoisotopic (exact) mass is 337 g/mol. The molecule has 0 bridgehead atoms. The molecule has 0 heterocycles. The number of halogens is 1. The third kappa shape index (κ3) is 4.63. The molecule has 0 saturated heterocycles. The molecule has 0 N–H and O–H groups in total. The highest BCUT2D eigenvalue weighted by Crippen LogP contribution is 2.65. The van der Waals surface area contributed by atoms with Crippen LogP contribution in [-0.2, 0) is 0 Å². The predicted octanol–water partition coefficient (Wildman–Crippen LogP) is 6.56. The molecule has 0 radical (unpaired) electrons. The molecule has 0 aliphatic heterocycles. The van der Waals surface area contributed by atoms with Crippen molar-refractivity contribution in [1.29, 1.82) is 0 Å². The molecular formula is C18H23ClO2P+. The third-order valence-corrected chi connectivity index (χ3v) is 6.15. The van der Waals surface area contributed by atoms with Crippen LogP contribution in [0.1, 0.15) is 30.9 Å². The van der Waals surface area contributed by atoms with Gasteiger partial charge in [0.05, 0.1) is 0 Å². The number of unbranched alkanes of at least 4 members (excludes halogenated alkanes) is 1. The first-order chi connectivity index (χ1) is 10.5. The maximum absolute atomic E-state index is 6.80. The van der Waals surface area contributed by atoms with E-state index >= 15 is 0 Å². The van der Waals surface area contributed by atoms with Gasteiger partial charge in [-0.3, -0.25) is 9.05 Å². The van der Waals surface area contributed by atoms with E-state index in [9.17, 15) is 0 Å². The summed E-state index contributed by atoms with van der Waals surface area (Å²) >= 11 is 6.80. The van der Waals surface area contributed by atoms with Crippen molar-refractivity contribution >= 4 is 18.3 Å². The second kappa shape index (κ2) is 7.85. The van der Waals surface area contributed by atoms with Crippen LogP contribution < -0.4 is 9.05 Å². The van der Waals surface area contributed by atoms with Crippen LogP contribution >= 0.6 is 18.3 Å². The zero-order valence-corrected chi connectivity index (χ0v) is 15.0. The largest absolute Gasteiger partial charge is 0.459 e. The van der Waals surface area contributed by atoms with E-state index in [1.165, 1.54) is 0 Å². The predicted molar refractivity (Wildman–Crippen MR) is 96.2 cm³/mol. The maximum Gasteiger partial charge on any atom is 0.459 e. The number of hydrogen-bond acceptors (Lipinski definition) is 2. The van der Waals surface area contributed by atoms with Crippen LogP contribution in [0.2, 0.25) is 0 Å². The summed E-state index contributed by atoms with van der Waals surface area (Å²) in [6, 6.07) is 15.8. The Morgan fingerprint density at radius 2 is 1.32 bits per heavy atom. The number of para-hydroxylation sites is 2. The molecule has 0 unspecified atom stereocenters.